The van der Waals surface area contributed by atoms with Crippen LogP contribution in [0.5, 0.6) is 0 Å². The summed E-state index contributed by atoms with van der Waals surface area (Å²) in [6.07, 6.45) is 18.0. The van der Waals surface area contributed by atoms with E-state index in [1.54, 1.807) is 0 Å². The SMILES string of the molecule is CCCCCCCCCCCCC1(N)CCCS1. The molecule has 0 spiro atoms. The zero-order chi connectivity index (χ0) is 13.1. The lowest BCUT2D eigenvalue weighted by atomic mass is 10.0. The summed E-state index contributed by atoms with van der Waals surface area (Å²) in [6, 6.07) is 0. The molecule has 1 unspecified atom stereocenters. The first kappa shape index (κ1) is 16.4. The molecule has 0 radical (unpaired) electrons. The van der Waals surface area contributed by atoms with Gasteiger partial charge in [0.05, 0.1) is 4.87 Å². The Morgan fingerprint density at radius 3 is 1.94 bits per heavy atom. The predicted octanol–water partition coefficient (Wildman–Crippen LogP) is 5.48. The summed E-state index contributed by atoms with van der Waals surface area (Å²) < 4.78 is 0. The van der Waals surface area contributed by atoms with Crippen LogP contribution in [0, 0.1) is 0 Å². The normalized spacial score (nSPS) is 23.7. The highest BCUT2D eigenvalue weighted by molar-refractivity contribution is 8.00. The lowest BCUT2D eigenvalue weighted by Crippen LogP contribution is -2.32. The van der Waals surface area contributed by atoms with Crippen molar-refractivity contribution in [2.75, 3.05) is 5.75 Å². The molecule has 2 heteroatoms. The van der Waals surface area contributed by atoms with Gasteiger partial charge in [-0.25, -0.2) is 0 Å². The molecule has 1 heterocycles. The van der Waals surface area contributed by atoms with Crippen molar-refractivity contribution < 1.29 is 0 Å². The zero-order valence-electron chi connectivity index (χ0n) is 12.4. The van der Waals surface area contributed by atoms with E-state index in [1.807, 2.05) is 11.8 Å². The minimum atomic E-state index is 0.153. The number of hydrogen-bond donors (Lipinski definition) is 1. The van der Waals surface area contributed by atoms with Gasteiger partial charge in [0.1, 0.15) is 0 Å². The van der Waals surface area contributed by atoms with Crippen molar-refractivity contribution in [3.8, 4) is 0 Å². The van der Waals surface area contributed by atoms with Crippen molar-refractivity contribution >= 4 is 11.8 Å². The monoisotopic (exact) mass is 271 g/mol. The first-order valence-corrected chi connectivity index (χ1v) is 9.18. The van der Waals surface area contributed by atoms with E-state index in [9.17, 15) is 0 Å². The van der Waals surface area contributed by atoms with Crippen molar-refractivity contribution in [3.05, 3.63) is 0 Å². The lowest BCUT2D eigenvalue weighted by Gasteiger charge is -2.22. The first-order valence-electron chi connectivity index (χ1n) is 8.20. The summed E-state index contributed by atoms with van der Waals surface area (Å²) in [6.45, 7) is 2.28. The van der Waals surface area contributed by atoms with Gasteiger partial charge in [0.2, 0.25) is 0 Å². The number of rotatable bonds is 11. The standard InChI is InChI=1S/C16H33NS/c1-2-3-4-5-6-7-8-9-10-11-13-16(17)14-12-15-18-16/h2-15,17H2,1H3. The molecule has 1 rings (SSSR count). The van der Waals surface area contributed by atoms with Gasteiger partial charge in [0.15, 0.2) is 0 Å². The third kappa shape index (κ3) is 7.68. The van der Waals surface area contributed by atoms with Crippen molar-refractivity contribution in [1.29, 1.82) is 0 Å². The quantitative estimate of drug-likeness (QED) is 0.504. The highest BCUT2D eigenvalue weighted by Crippen LogP contribution is 2.37. The van der Waals surface area contributed by atoms with Crippen LogP contribution in [0.4, 0.5) is 0 Å². The summed E-state index contributed by atoms with van der Waals surface area (Å²) in [5.74, 6) is 1.29. The zero-order valence-corrected chi connectivity index (χ0v) is 13.2. The third-order valence-electron chi connectivity index (χ3n) is 4.09. The molecular weight excluding hydrogens is 238 g/mol. The van der Waals surface area contributed by atoms with E-state index in [0.717, 1.165) is 0 Å². The number of nitrogens with two attached hydrogens (primary N) is 1. The molecule has 0 saturated carbocycles. The molecule has 0 aromatic heterocycles. The average Bonchev–Trinajstić information content (AvgIpc) is 2.79. The summed E-state index contributed by atoms with van der Waals surface area (Å²) in [7, 11) is 0. The average molecular weight is 272 g/mol. The molecule has 108 valence electrons. The molecule has 0 aromatic carbocycles. The molecule has 0 bridgehead atoms. The maximum atomic E-state index is 6.33. The number of hydrogen-bond acceptors (Lipinski definition) is 2. The Hall–Kier alpha value is 0.310. The molecular formula is C16H33NS. The summed E-state index contributed by atoms with van der Waals surface area (Å²) >= 11 is 2.00. The molecule has 2 N–H and O–H groups in total. The fraction of sp³-hybridized carbons (Fsp3) is 1.00. The van der Waals surface area contributed by atoms with Crippen LogP contribution in [0.3, 0.4) is 0 Å². The lowest BCUT2D eigenvalue weighted by molar-refractivity contribution is 0.485. The highest BCUT2D eigenvalue weighted by Gasteiger charge is 2.28. The molecule has 1 aliphatic heterocycles. The Bertz CT molecular complexity index is 188. The van der Waals surface area contributed by atoms with E-state index in [4.69, 9.17) is 5.73 Å². The smallest absolute Gasteiger partial charge is 0.0620 e. The Labute approximate surface area is 119 Å². The van der Waals surface area contributed by atoms with Crippen molar-refractivity contribution in [2.24, 2.45) is 5.73 Å². The largest absolute Gasteiger partial charge is 0.317 e. The minimum absolute atomic E-state index is 0.153. The molecule has 18 heavy (non-hydrogen) atoms. The van der Waals surface area contributed by atoms with E-state index in [2.05, 4.69) is 6.92 Å². The van der Waals surface area contributed by atoms with Gasteiger partial charge in [-0.3, -0.25) is 0 Å². The van der Waals surface area contributed by atoms with Gasteiger partial charge in [0.25, 0.3) is 0 Å². The second-order valence-corrected chi connectivity index (χ2v) is 7.46. The Morgan fingerprint density at radius 2 is 1.44 bits per heavy atom. The van der Waals surface area contributed by atoms with Crippen LogP contribution in [-0.2, 0) is 0 Å². The van der Waals surface area contributed by atoms with Crippen LogP contribution < -0.4 is 5.73 Å². The van der Waals surface area contributed by atoms with Crippen molar-refractivity contribution in [2.45, 2.75) is 95.3 Å². The van der Waals surface area contributed by atoms with Gasteiger partial charge in [-0.05, 0) is 25.0 Å². The fourth-order valence-corrected chi connectivity index (χ4v) is 4.10. The topological polar surface area (TPSA) is 26.0 Å². The summed E-state index contributed by atoms with van der Waals surface area (Å²) in [5, 5.41) is 0. The maximum absolute atomic E-state index is 6.33. The molecule has 0 aliphatic carbocycles. The van der Waals surface area contributed by atoms with Gasteiger partial charge in [0, 0.05) is 0 Å². The maximum Gasteiger partial charge on any atom is 0.0620 e. The van der Waals surface area contributed by atoms with Crippen LogP contribution >= 0.6 is 11.8 Å². The van der Waals surface area contributed by atoms with Gasteiger partial charge >= 0.3 is 0 Å². The van der Waals surface area contributed by atoms with Gasteiger partial charge < -0.3 is 5.73 Å². The van der Waals surface area contributed by atoms with Gasteiger partial charge in [-0.1, -0.05) is 71.1 Å². The van der Waals surface area contributed by atoms with Crippen LogP contribution in [0.25, 0.3) is 0 Å². The molecule has 1 nitrogen and oxygen atoms in total. The number of unbranched alkanes of at least 4 members (excludes halogenated alkanes) is 9. The van der Waals surface area contributed by atoms with Crippen molar-refractivity contribution in [1.82, 2.24) is 0 Å². The van der Waals surface area contributed by atoms with Crippen LogP contribution in [0.2, 0.25) is 0 Å². The van der Waals surface area contributed by atoms with Gasteiger partial charge in [-0.2, -0.15) is 0 Å². The Balaban J connectivity index is 1.78. The highest BCUT2D eigenvalue weighted by atomic mass is 32.2. The molecule has 1 fully saturated rings. The van der Waals surface area contributed by atoms with Crippen molar-refractivity contribution in [3.63, 3.8) is 0 Å². The first-order chi connectivity index (χ1) is 8.77. The Kier molecular flexibility index (Phi) is 9.22. The fourth-order valence-electron chi connectivity index (χ4n) is 2.83. The minimum Gasteiger partial charge on any atom is -0.317 e. The third-order valence-corrected chi connectivity index (χ3v) is 5.56. The molecule has 0 amide bonds. The molecule has 1 aliphatic rings. The number of thioether (sulfide) groups is 1. The summed E-state index contributed by atoms with van der Waals surface area (Å²) in [4.78, 5) is 0.153. The second kappa shape index (κ2) is 10.1. The molecule has 0 aromatic rings. The van der Waals surface area contributed by atoms with Crippen LogP contribution in [0.15, 0.2) is 0 Å². The molecule has 1 atom stereocenters. The van der Waals surface area contributed by atoms with E-state index in [1.165, 1.54) is 89.2 Å². The van der Waals surface area contributed by atoms with Crippen LogP contribution in [-0.4, -0.2) is 10.6 Å². The van der Waals surface area contributed by atoms with Gasteiger partial charge in [-0.15, -0.1) is 11.8 Å². The van der Waals surface area contributed by atoms with E-state index in [0.29, 0.717) is 0 Å². The Morgan fingerprint density at radius 1 is 0.889 bits per heavy atom. The molecule has 1 saturated heterocycles. The van der Waals surface area contributed by atoms with E-state index < -0.39 is 0 Å². The predicted molar refractivity (Wildman–Crippen MR) is 85.1 cm³/mol. The summed E-state index contributed by atoms with van der Waals surface area (Å²) in [5.41, 5.74) is 6.33. The van der Waals surface area contributed by atoms with E-state index >= 15 is 0 Å². The second-order valence-electron chi connectivity index (χ2n) is 5.95. The van der Waals surface area contributed by atoms with Crippen LogP contribution in [0.1, 0.15) is 90.4 Å². The van der Waals surface area contributed by atoms with E-state index in [-0.39, 0.29) is 4.87 Å².